The molecule has 3 N–H and O–H groups in total. The summed E-state index contributed by atoms with van der Waals surface area (Å²) < 4.78 is 4.76. The molecule has 0 aromatic rings. The molecule has 0 heterocycles. The van der Waals surface area contributed by atoms with Crippen LogP contribution >= 0.6 is 0 Å². The fraction of sp³-hybridized carbons (Fsp3) is 0.778. The van der Waals surface area contributed by atoms with Crippen molar-refractivity contribution in [2.75, 3.05) is 19.7 Å². The molecule has 0 aliphatic rings. The average molecular weight is 201 g/mol. The highest BCUT2D eigenvalue weighted by Crippen LogP contribution is 1.92. The topological polar surface area (TPSA) is 76.7 Å². The number of aliphatic imine (C=N–C) groups is 1. The van der Waals surface area contributed by atoms with E-state index in [1.165, 1.54) is 0 Å². The van der Waals surface area contributed by atoms with E-state index in [1.807, 2.05) is 6.92 Å². The molecule has 0 aromatic carbocycles. The van der Waals surface area contributed by atoms with Crippen LogP contribution in [0.1, 0.15) is 26.7 Å². The molecule has 0 rings (SSSR count). The highest BCUT2D eigenvalue weighted by Gasteiger charge is 1.99. The van der Waals surface area contributed by atoms with Crippen LogP contribution in [0.3, 0.4) is 0 Å². The van der Waals surface area contributed by atoms with Crippen molar-refractivity contribution < 1.29 is 9.53 Å². The van der Waals surface area contributed by atoms with Crippen LogP contribution in [-0.4, -0.2) is 31.6 Å². The second-order valence-corrected chi connectivity index (χ2v) is 2.71. The molecule has 0 unspecified atom stereocenters. The lowest BCUT2D eigenvalue weighted by Crippen LogP contribution is -2.31. The Balaban J connectivity index is 3.45. The van der Waals surface area contributed by atoms with Gasteiger partial charge in [-0.2, -0.15) is 0 Å². The monoisotopic (exact) mass is 201 g/mol. The Labute approximate surface area is 84.7 Å². The Kier molecular flexibility index (Phi) is 7.59. The molecule has 14 heavy (non-hydrogen) atoms. The van der Waals surface area contributed by atoms with Gasteiger partial charge in [0.2, 0.25) is 0 Å². The van der Waals surface area contributed by atoms with Crippen molar-refractivity contribution in [2.24, 2.45) is 10.7 Å². The molecule has 0 aliphatic carbocycles. The number of ether oxygens (including phenoxy) is 1. The van der Waals surface area contributed by atoms with Crippen LogP contribution in [-0.2, 0) is 9.53 Å². The first kappa shape index (κ1) is 12.7. The van der Waals surface area contributed by atoms with E-state index >= 15 is 0 Å². The zero-order chi connectivity index (χ0) is 10.8. The molecule has 5 nitrogen and oxygen atoms in total. The minimum atomic E-state index is -0.176. The van der Waals surface area contributed by atoms with E-state index in [-0.39, 0.29) is 5.97 Å². The molecular weight excluding hydrogens is 182 g/mol. The largest absolute Gasteiger partial charge is 0.466 e. The molecule has 0 radical (unpaired) electrons. The van der Waals surface area contributed by atoms with Gasteiger partial charge in [0.1, 0.15) is 0 Å². The van der Waals surface area contributed by atoms with E-state index in [0.717, 1.165) is 6.54 Å². The molecule has 0 aromatic heterocycles. The molecule has 0 fully saturated rings. The highest BCUT2D eigenvalue weighted by molar-refractivity contribution is 5.77. The van der Waals surface area contributed by atoms with Crippen LogP contribution in [0.25, 0.3) is 0 Å². The van der Waals surface area contributed by atoms with Crippen molar-refractivity contribution >= 4 is 11.9 Å². The molecule has 0 saturated heterocycles. The van der Waals surface area contributed by atoms with Crippen LogP contribution in [0.4, 0.5) is 0 Å². The number of rotatable bonds is 6. The summed E-state index contributed by atoms with van der Waals surface area (Å²) in [4.78, 5) is 14.9. The third-order valence-corrected chi connectivity index (χ3v) is 1.48. The molecule has 5 heteroatoms. The Hall–Kier alpha value is -1.26. The lowest BCUT2D eigenvalue weighted by molar-refractivity contribution is -0.143. The number of carbonyl (C=O) groups is 1. The first-order valence-corrected chi connectivity index (χ1v) is 4.90. The lowest BCUT2D eigenvalue weighted by atomic mass is 10.3. The van der Waals surface area contributed by atoms with Gasteiger partial charge in [0.05, 0.1) is 6.61 Å². The smallest absolute Gasteiger partial charge is 0.305 e. The number of hydrogen-bond acceptors (Lipinski definition) is 3. The number of nitrogens with zero attached hydrogens (tertiary/aromatic N) is 1. The predicted octanol–water partition coefficient (Wildman–Crippen LogP) is 0.254. The molecule has 0 amide bonds. The average Bonchev–Trinajstić information content (AvgIpc) is 2.13. The number of nitrogens with one attached hydrogen (secondary N) is 1. The third kappa shape index (κ3) is 7.39. The lowest BCUT2D eigenvalue weighted by Gasteiger charge is -2.02. The minimum Gasteiger partial charge on any atom is -0.466 e. The number of guanidine groups is 1. The number of hydrogen-bond donors (Lipinski definition) is 2. The van der Waals surface area contributed by atoms with Crippen molar-refractivity contribution in [3.63, 3.8) is 0 Å². The van der Waals surface area contributed by atoms with Crippen LogP contribution in [0.15, 0.2) is 4.99 Å². The van der Waals surface area contributed by atoms with E-state index in [0.29, 0.717) is 32.0 Å². The van der Waals surface area contributed by atoms with Crippen molar-refractivity contribution in [1.82, 2.24) is 5.32 Å². The standard InChI is InChI=1S/C9H19N3O2/c1-3-11-9(10)12-7-5-6-8(13)14-4-2/h3-7H2,1-2H3,(H3,10,11,12). The normalized spacial score (nSPS) is 11.1. The Morgan fingerprint density at radius 3 is 2.79 bits per heavy atom. The van der Waals surface area contributed by atoms with Crippen LogP contribution in [0, 0.1) is 0 Å². The molecule has 0 saturated carbocycles. The number of nitrogens with two attached hydrogens (primary N) is 1. The van der Waals surface area contributed by atoms with Gasteiger partial charge >= 0.3 is 5.97 Å². The fourth-order valence-electron chi connectivity index (χ4n) is 0.893. The molecule has 0 bridgehead atoms. The van der Waals surface area contributed by atoms with Crippen LogP contribution in [0.2, 0.25) is 0 Å². The summed E-state index contributed by atoms with van der Waals surface area (Å²) in [6.07, 6.45) is 1.07. The Bertz CT molecular complexity index is 192. The maximum Gasteiger partial charge on any atom is 0.305 e. The molecule has 82 valence electrons. The first-order chi connectivity index (χ1) is 6.70. The summed E-state index contributed by atoms with van der Waals surface area (Å²) in [5.41, 5.74) is 5.48. The number of carbonyl (C=O) groups excluding carboxylic acids is 1. The summed E-state index contributed by atoms with van der Waals surface area (Å²) >= 11 is 0. The summed E-state index contributed by atoms with van der Waals surface area (Å²) in [6.45, 7) is 5.48. The van der Waals surface area contributed by atoms with Gasteiger partial charge in [-0.3, -0.25) is 9.79 Å². The SMILES string of the molecule is CCNC(N)=NCCCC(=O)OCC. The van der Waals surface area contributed by atoms with Gasteiger partial charge in [-0.25, -0.2) is 0 Å². The quantitative estimate of drug-likeness (QED) is 0.279. The van der Waals surface area contributed by atoms with Gasteiger partial charge in [0.15, 0.2) is 5.96 Å². The summed E-state index contributed by atoms with van der Waals surface area (Å²) in [5, 5.41) is 2.87. The molecular formula is C9H19N3O2. The summed E-state index contributed by atoms with van der Waals surface area (Å²) in [6, 6.07) is 0. The van der Waals surface area contributed by atoms with Gasteiger partial charge < -0.3 is 15.8 Å². The van der Waals surface area contributed by atoms with Gasteiger partial charge in [-0.15, -0.1) is 0 Å². The zero-order valence-electron chi connectivity index (χ0n) is 8.88. The third-order valence-electron chi connectivity index (χ3n) is 1.48. The van der Waals surface area contributed by atoms with Crippen molar-refractivity contribution in [2.45, 2.75) is 26.7 Å². The van der Waals surface area contributed by atoms with Crippen molar-refractivity contribution in [1.29, 1.82) is 0 Å². The van der Waals surface area contributed by atoms with E-state index in [4.69, 9.17) is 10.5 Å². The number of esters is 1. The van der Waals surface area contributed by atoms with Crippen LogP contribution < -0.4 is 11.1 Å². The zero-order valence-corrected chi connectivity index (χ0v) is 8.88. The van der Waals surface area contributed by atoms with Crippen molar-refractivity contribution in [3.8, 4) is 0 Å². The summed E-state index contributed by atoms with van der Waals surface area (Å²) in [5.74, 6) is 0.251. The van der Waals surface area contributed by atoms with Gasteiger partial charge in [-0.1, -0.05) is 0 Å². The maximum atomic E-state index is 10.9. The second kappa shape index (κ2) is 8.34. The molecule has 0 spiro atoms. The second-order valence-electron chi connectivity index (χ2n) is 2.71. The maximum absolute atomic E-state index is 10.9. The van der Waals surface area contributed by atoms with E-state index in [9.17, 15) is 4.79 Å². The molecule has 0 aliphatic heterocycles. The van der Waals surface area contributed by atoms with E-state index in [2.05, 4.69) is 10.3 Å². The predicted molar refractivity (Wildman–Crippen MR) is 56.0 cm³/mol. The highest BCUT2D eigenvalue weighted by atomic mass is 16.5. The van der Waals surface area contributed by atoms with Gasteiger partial charge in [-0.05, 0) is 20.3 Å². The van der Waals surface area contributed by atoms with Crippen LogP contribution in [0.5, 0.6) is 0 Å². The van der Waals surface area contributed by atoms with E-state index < -0.39 is 0 Å². The first-order valence-electron chi connectivity index (χ1n) is 4.90. The van der Waals surface area contributed by atoms with Gasteiger partial charge in [0, 0.05) is 19.5 Å². The Morgan fingerprint density at radius 1 is 1.50 bits per heavy atom. The fourth-order valence-corrected chi connectivity index (χ4v) is 0.893. The van der Waals surface area contributed by atoms with E-state index in [1.54, 1.807) is 6.92 Å². The Morgan fingerprint density at radius 2 is 2.21 bits per heavy atom. The minimum absolute atomic E-state index is 0.176. The molecule has 0 atom stereocenters. The summed E-state index contributed by atoms with van der Waals surface area (Å²) in [7, 11) is 0. The van der Waals surface area contributed by atoms with Gasteiger partial charge in [0.25, 0.3) is 0 Å². The van der Waals surface area contributed by atoms with Crippen molar-refractivity contribution in [3.05, 3.63) is 0 Å².